The number of likely N-dealkylation sites (tertiary alicyclic amines) is 1. The van der Waals surface area contributed by atoms with Crippen molar-refractivity contribution in [2.45, 2.75) is 52.1 Å². The van der Waals surface area contributed by atoms with Crippen LogP contribution >= 0.6 is 0 Å². The molecule has 1 aromatic rings. The highest BCUT2D eigenvalue weighted by Crippen LogP contribution is 2.15. The van der Waals surface area contributed by atoms with Gasteiger partial charge in [0.15, 0.2) is 0 Å². The van der Waals surface area contributed by atoms with Gasteiger partial charge in [-0.3, -0.25) is 4.90 Å². The van der Waals surface area contributed by atoms with E-state index in [0.717, 1.165) is 6.54 Å². The number of rotatable bonds is 5. The smallest absolute Gasteiger partial charge is 0.0292 e. The average Bonchev–Trinajstić information content (AvgIpc) is 2.46. The molecule has 1 heterocycles. The van der Waals surface area contributed by atoms with E-state index in [1.165, 1.54) is 43.5 Å². The SMILES string of the molecule is Cc1ccc(C(C)NCC(C)N2CCCCC2)cc1. The molecule has 0 spiro atoms. The van der Waals surface area contributed by atoms with Crippen molar-refractivity contribution in [1.82, 2.24) is 10.2 Å². The first kappa shape index (κ1) is 14.5. The van der Waals surface area contributed by atoms with Crippen LogP contribution in [0.2, 0.25) is 0 Å². The van der Waals surface area contributed by atoms with Gasteiger partial charge in [0.1, 0.15) is 0 Å². The van der Waals surface area contributed by atoms with E-state index in [-0.39, 0.29) is 0 Å². The Morgan fingerprint density at radius 2 is 1.68 bits per heavy atom. The van der Waals surface area contributed by atoms with E-state index < -0.39 is 0 Å². The van der Waals surface area contributed by atoms with E-state index in [4.69, 9.17) is 0 Å². The number of aryl methyl sites for hydroxylation is 1. The number of benzene rings is 1. The summed E-state index contributed by atoms with van der Waals surface area (Å²) >= 11 is 0. The van der Waals surface area contributed by atoms with Crippen molar-refractivity contribution in [2.75, 3.05) is 19.6 Å². The Kier molecular flexibility index (Phi) is 5.41. The molecule has 2 rings (SSSR count). The molecule has 0 amide bonds. The third-order valence-corrected chi connectivity index (χ3v) is 4.31. The van der Waals surface area contributed by atoms with Gasteiger partial charge in [0.05, 0.1) is 0 Å². The molecule has 2 nitrogen and oxygen atoms in total. The van der Waals surface area contributed by atoms with Crippen molar-refractivity contribution in [3.8, 4) is 0 Å². The maximum atomic E-state index is 3.67. The first-order valence-electron chi connectivity index (χ1n) is 7.71. The Morgan fingerprint density at radius 3 is 2.32 bits per heavy atom. The molecule has 19 heavy (non-hydrogen) atoms. The molecule has 0 radical (unpaired) electrons. The largest absolute Gasteiger partial charge is 0.309 e. The Balaban J connectivity index is 1.79. The molecule has 0 aliphatic carbocycles. The van der Waals surface area contributed by atoms with Gasteiger partial charge in [-0.25, -0.2) is 0 Å². The third-order valence-electron chi connectivity index (χ3n) is 4.31. The second-order valence-electron chi connectivity index (χ2n) is 5.99. The van der Waals surface area contributed by atoms with E-state index in [0.29, 0.717) is 12.1 Å². The topological polar surface area (TPSA) is 15.3 Å². The van der Waals surface area contributed by atoms with Crippen molar-refractivity contribution in [3.63, 3.8) is 0 Å². The van der Waals surface area contributed by atoms with Gasteiger partial charge < -0.3 is 5.32 Å². The van der Waals surface area contributed by atoms with Gasteiger partial charge >= 0.3 is 0 Å². The lowest BCUT2D eigenvalue weighted by Gasteiger charge is -2.33. The summed E-state index contributed by atoms with van der Waals surface area (Å²) in [4.78, 5) is 2.62. The Morgan fingerprint density at radius 1 is 1.05 bits per heavy atom. The zero-order chi connectivity index (χ0) is 13.7. The Labute approximate surface area is 118 Å². The third kappa shape index (κ3) is 4.32. The second kappa shape index (κ2) is 7.06. The lowest BCUT2D eigenvalue weighted by atomic mass is 10.1. The normalized spacial score (nSPS) is 20.2. The predicted octanol–water partition coefficient (Wildman–Crippen LogP) is 3.52. The molecule has 106 valence electrons. The second-order valence-corrected chi connectivity index (χ2v) is 5.99. The summed E-state index contributed by atoms with van der Waals surface area (Å²) in [6.45, 7) is 10.4. The zero-order valence-electron chi connectivity index (χ0n) is 12.7. The molecular weight excluding hydrogens is 232 g/mol. The molecule has 1 aromatic carbocycles. The molecule has 0 aromatic heterocycles. The van der Waals surface area contributed by atoms with Crippen molar-refractivity contribution in [3.05, 3.63) is 35.4 Å². The van der Waals surface area contributed by atoms with E-state index in [1.54, 1.807) is 0 Å². The Hall–Kier alpha value is -0.860. The summed E-state index contributed by atoms with van der Waals surface area (Å²) < 4.78 is 0. The molecule has 1 fully saturated rings. The van der Waals surface area contributed by atoms with Crippen LogP contribution in [-0.2, 0) is 0 Å². The van der Waals surface area contributed by atoms with Crippen LogP contribution in [0.1, 0.15) is 50.3 Å². The highest BCUT2D eigenvalue weighted by Gasteiger charge is 2.17. The van der Waals surface area contributed by atoms with Gasteiger partial charge in [-0.05, 0) is 52.3 Å². The predicted molar refractivity (Wildman–Crippen MR) is 82.5 cm³/mol. The summed E-state index contributed by atoms with van der Waals surface area (Å²) in [6, 6.07) is 9.95. The maximum absolute atomic E-state index is 3.67. The van der Waals surface area contributed by atoms with E-state index in [9.17, 15) is 0 Å². The van der Waals surface area contributed by atoms with Crippen molar-refractivity contribution in [2.24, 2.45) is 0 Å². The highest BCUT2D eigenvalue weighted by atomic mass is 15.2. The fourth-order valence-corrected chi connectivity index (χ4v) is 2.81. The minimum atomic E-state index is 0.438. The summed E-state index contributed by atoms with van der Waals surface area (Å²) in [7, 11) is 0. The number of nitrogens with one attached hydrogen (secondary N) is 1. The maximum Gasteiger partial charge on any atom is 0.0292 e. The molecule has 2 atom stereocenters. The molecule has 0 bridgehead atoms. The van der Waals surface area contributed by atoms with Gasteiger partial charge in [0.2, 0.25) is 0 Å². The van der Waals surface area contributed by atoms with Crippen LogP contribution in [0, 0.1) is 6.92 Å². The molecule has 1 saturated heterocycles. The van der Waals surface area contributed by atoms with E-state index in [1.807, 2.05) is 0 Å². The lowest BCUT2D eigenvalue weighted by Crippen LogP contribution is -2.43. The monoisotopic (exact) mass is 260 g/mol. The van der Waals surface area contributed by atoms with Crippen LogP contribution in [0.3, 0.4) is 0 Å². The van der Waals surface area contributed by atoms with Crippen LogP contribution in [0.25, 0.3) is 0 Å². The fraction of sp³-hybridized carbons (Fsp3) is 0.647. The quantitative estimate of drug-likeness (QED) is 0.871. The summed E-state index contributed by atoms with van der Waals surface area (Å²) in [5.74, 6) is 0. The van der Waals surface area contributed by atoms with Gasteiger partial charge in [0, 0.05) is 18.6 Å². The molecule has 1 N–H and O–H groups in total. The van der Waals surface area contributed by atoms with Crippen molar-refractivity contribution in [1.29, 1.82) is 0 Å². The highest BCUT2D eigenvalue weighted by molar-refractivity contribution is 5.23. The summed E-state index contributed by atoms with van der Waals surface area (Å²) in [5, 5.41) is 3.67. The Bertz CT molecular complexity index is 365. The number of nitrogens with zero attached hydrogens (tertiary/aromatic N) is 1. The van der Waals surface area contributed by atoms with Crippen LogP contribution < -0.4 is 5.32 Å². The molecular formula is C17H28N2. The minimum absolute atomic E-state index is 0.438. The van der Waals surface area contributed by atoms with Gasteiger partial charge in [-0.15, -0.1) is 0 Å². The summed E-state index contributed by atoms with van der Waals surface area (Å²) in [6.07, 6.45) is 4.16. The molecule has 2 unspecified atom stereocenters. The van der Waals surface area contributed by atoms with Gasteiger partial charge in [0.25, 0.3) is 0 Å². The van der Waals surface area contributed by atoms with Crippen LogP contribution in [0.4, 0.5) is 0 Å². The van der Waals surface area contributed by atoms with Crippen LogP contribution in [0.15, 0.2) is 24.3 Å². The van der Waals surface area contributed by atoms with E-state index in [2.05, 4.69) is 55.3 Å². The average molecular weight is 260 g/mol. The van der Waals surface area contributed by atoms with Gasteiger partial charge in [-0.1, -0.05) is 36.2 Å². The summed E-state index contributed by atoms with van der Waals surface area (Å²) in [5.41, 5.74) is 2.72. The number of piperidine rings is 1. The van der Waals surface area contributed by atoms with Crippen LogP contribution in [-0.4, -0.2) is 30.6 Å². The van der Waals surface area contributed by atoms with Crippen molar-refractivity contribution >= 4 is 0 Å². The standard InChI is InChI=1S/C17H28N2/c1-14-7-9-17(10-8-14)16(3)18-13-15(2)19-11-5-4-6-12-19/h7-10,15-16,18H,4-6,11-13H2,1-3H3. The van der Waals surface area contributed by atoms with Gasteiger partial charge in [-0.2, -0.15) is 0 Å². The molecule has 1 aliphatic heterocycles. The van der Waals surface area contributed by atoms with Crippen LogP contribution in [0.5, 0.6) is 0 Å². The molecule has 0 saturated carbocycles. The lowest BCUT2D eigenvalue weighted by molar-refractivity contribution is 0.168. The van der Waals surface area contributed by atoms with Crippen molar-refractivity contribution < 1.29 is 0 Å². The molecule has 2 heteroatoms. The molecule has 1 aliphatic rings. The fourth-order valence-electron chi connectivity index (χ4n) is 2.81. The van der Waals surface area contributed by atoms with E-state index >= 15 is 0 Å². The number of hydrogen-bond donors (Lipinski definition) is 1. The first-order chi connectivity index (χ1) is 9.16. The number of hydrogen-bond acceptors (Lipinski definition) is 2. The minimum Gasteiger partial charge on any atom is -0.309 e. The zero-order valence-corrected chi connectivity index (χ0v) is 12.7. The first-order valence-corrected chi connectivity index (χ1v) is 7.71.